The van der Waals surface area contributed by atoms with Crippen molar-refractivity contribution in [2.45, 2.75) is 38.8 Å². The molecule has 24 heavy (non-hydrogen) atoms. The van der Waals surface area contributed by atoms with Crippen LogP contribution in [0, 0.1) is 0 Å². The molecule has 2 atom stereocenters. The predicted molar refractivity (Wildman–Crippen MR) is 86.0 cm³/mol. The van der Waals surface area contributed by atoms with Crippen LogP contribution in [0.4, 0.5) is 25.1 Å². The first kappa shape index (κ1) is 8.80. The summed E-state index contributed by atoms with van der Waals surface area (Å²) < 4.78 is 115. The lowest BCUT2D eigenvalue weighted by Crippen LogP contribution is -2.34. The number of rotatable bonds is 5. The maximum Gasteiger partial charge on any atom is 0.408 e. The number of anilines is 2. The maximum absolute atomic E-state index is 13.5. The van der Waals surface area contributed by atoms with E-state index in [9.17, 15) is 13.2 Å². The van der Waals surface area contributed by atoms with E-state index in [1.807, 2.05) is 0 Å². The molecule has 0 saturated carbocycles. The summed E-state index contributed by atoms with van der Waals surface area (Å²) >= 11 is 5.77. The Morgan fingerprint density at radius 3 is 2.50 bits per heavy atom. The van der Waals surface area contributed by atoms with Crippen molar-refractivity contribution in [3.63, 3.8) is 0 Å². The molecular weight excluding hydrogens is 345 g/mol. The average Bonchev–Trinajstić information content (AvgIpc) is 2.61. The van der Waals surface area contributed by atoms with E-state index in [-0.39, 0.29) is 6.04 Å². The lowest BCUT2D eigenvalue weighted by Gasteiger charge is -2.18. The number of aromatic nitrogens is 4. The molecule has 10 heteroatoms. The van der Waals surface area contributed by atoms with Gasteiger partial charge >= 0.3 is 6.18 Å². The summed E-state index contributed by atoms with van der Waals surface area (Å²) in [6, 6.07) is -6.74. The number of nitrogens with zero attached hydrogens (tertiary/aromatic N) is 4. The smallest absolute Gasteiger partial charge is 0.352 e. The Kier molecular flexibility index (Phi) is 2.63. The fraction of sp³-hybridized carbons (Fsp3) is 0.429. The Balaban J connectivity index is 2.74. The molecule has 0 aliphatic heterocycles. The summed E-state index contributed by atoms with van der Waals surface area (Å²) in [6.07, 6.45) is -5.66. The summed E-state index contributed by atoms with van der Waals surface area (Å²) in [5, 5.41) is 3.01. The van der Waals surface area contributed by atoms with E-state index in [1.165, 1.54) is 5.32 Å². The van der Waals surface area contributed by atoms with Crippen LogP contribution in [0.5, 0.6) is 0 Å². The fourth-order valence-corrected chi connectivity index (χ4v) is 1.52. The molecule has 130 valence electrons. The summed E-state index contributed by atoms with van der Waals surface area (Å²) in [6.45, 7) is -6.06. The van der Waals surface area contributed by atoms with Crippen LogP contribution >= 0.6 is 11.6 Å². The van der Waals surface area contributed by atoms with Gasteiger partial charge in [-0.25, -0.2) is 4.98 Å². The van der Waals surface area contributed by atoms with Crippen LogP contribution in [-0.4, -0.2) is 38.1 Å². The van der Waals surface area contributed by atoms with Crippen molar-refractivity contribution < 1.29 is 26.9 Å². The molecule has 0 radical (unpaired) electrons. The van der Waals surface area contributed by atoms with Gasteiger partial charge in [-0.2, -0.15) is 28.1 Å². The number of halogens is 4. The van der Waals surface area contributed by atoms with Crippen molar-refractivity contribution in [2.24, 2.45) is 0 Å². The largest absolute Gasteiger partial charge is 0.408 e. The second-order valence-corrected chi connectivity index (χ2v) is 4.60. The molecule has 0 aliphatic carbocycles. The number of hydrogen-bond donors (Lipinski definition) is 2. The molecule has 0 fully saturated rings. The molecule has 6 nitrogen and oxygen atoms in total. The highest BCUT2D eigenvalue weighted by atomic mass is 35.5. The quantitative estimate of drug-likeness (QED) is 0.780. The van der Waals surface area contributed by atoms with Gasteiger partial charge in [0, 0.05) is 14.2 Å². The topological polar surface area (TPSA) is 75.6 Å². The van der Waals surface area contributed by atoms with Crippen molar-refractivity contribution in [3.8, 4) is 11.5 Å². The van der Waals surface area contributed by atoms with Gasteiger partial charge in [0.1, 0.15) is 16.9 Å². The molecule has 0 bridgehead atoms. The molecular formula is C14H16ClF3N6. The van der Waals surface area contributed by atoms with Gasteiger partial charge < -0.3 is 10.6 Å². The van der Waals surface area contributed by atoms with Crippen LogP contribution in [0.25, 0.3) is 11.5 Å². The maximum atomic E-state index is 13.5. The first-order chi connectivity index (χ1) is 15.1. The first-order valence-electron chi connectivity index (χ1n) is 11.1. The SMILES string of the molecule is [2H]c1cc([2H])c(-c2nc(N[C@]([2H])(C([2H])([2H])[2H])C(F)(F)F)nc(N[C@@]([2H])(C)C([2H])([2H])[2H])n2)nc1Cl. The number of hydrogen-bond acceptors (Lipinski definition) is 6. The van der Waals surface area contributed by atoms with Crippen molar-refractivity contribution >= 4 is 23.5 Å². The molecule has 0 spiro atoms. The highest BCUT2D eigenvalue weighted by molar-refractivity contribution is 6.29. The van der Waals surface area contributed by atoms with Crippen molar-refractivity contribution in [1.29, 1.82) is 0 Å². The highest BCUT2D eigenvalue weighted by Crippen LogP contribution is 2.24. The van der Waals surface area contributed by atoms with E-state index < -0.39 is 66.5 Å². The minimum Gasteiger partial charge on any atom is -0.352 e. The number of nitrogens with one attached hydrogen (secondary N) is 2. The molecule has 2 aromatic heterocycles. The van der Waals surface area contributed by atoms with Crippen molar-refractivity contribution in [1.82, 2.24) is 19.9 Å². The van der Waals surface area contributed by atoms with E-state index >= 15 is 0 Å². The number of alkyl halides is 3. The van der Waals surface area contributed by atoms with E-state index in [1.54, 1.807) is 0 Å². The molecule has 2 aromatic rings. The van der Waals surface area contributed by atoms with Crippen LogP contribution in [0.3, 0.4) is 0 Å². The second kappa shape index (κ2) is 7.16. The molecule has 2 N–H and O–H groups in total. The molecule has 0 saturated heterocycles. The van der Waals surface area contributed by atoms with Crippen molar-refractivity contribution in [3.05, 3.63) is 23.3 Å². The molecule has 2 heterocycles. The first-order valence-corrected chi connectivity index (χ1v) is 6.50. The van der Waals surface area contributed by atoms with Gasteiger partial charge in [0.05, 0.1) is 5.48 Å². The normalized spacial score (nSPS) is 23.9. The number of pyridine rings is 1. The second-order valence-electron chi connectivity index (χ2n) is 4.24. The van der Waals surface area contributed by atoms with Gasteiger partial charge in [-0.15, -0.1) is 0 Å². The van der Waals surface area contributed by atoms with Gasteiger partial charge in [0.25, 0.3) is 0 Å². The third-order valence-corrected chi connectivity index (χ3v) is 2.47. The van der Waals surface area contributed by atoms with E-state index in [2.05, 4.69) is 25.3 Å². The third-order valence-electron chi connectivity index (χ3n) is 2.28. The summed E-state index contributed by atoms with van der Waals surface area (Å²) in [7, 11) is 0. The minimum atomic E-state index is -5.66. The zero-order valence-electron chi connectivity index (χ0n) is 21.9. The Labute approximate surface area is 156 Å². The van der Waals surface area contributed by atoms with Crippen LogP contribution in [0.2, 0.25) is 5.15 Å². The lowest BCUT2D eigenvalue weighted by atomic mass is 10.3. The third kappa shape index (κ3) is 4.92. The Morgan fingerprint density at radius 1 is 1.17 bits per heavy atom. The molecule has 0 aromatic carbocycles. The Bertz CT molecular complexity index is 1060. The van der Waals surface area contributed by atoms with Gasteiger partial charge in [0.2, 0.25) is 11.9 Å². The van der Waals surface area contributed by atoms with Gasteiger partial charge in [0.15, 0.2) is 5.82 Å². The highest BCUT2D eigenvalue weighted by Gasteiger charge is 2.36. The van der Waals surface area contributed by atoms with Gasteiger partial charge in [-0.05, 0) is 32.7 Å². The van der Waals surface area contributed by atoms with Gasteiger partial charge in [-0.1, -0.05) is 17.7 Å². The molecule has 2 rings (SSSR count). The van der Waals surface area contributed by atoms with Crippen molar-refractivity contribution in [2.75, 3.05) is 10.6 Å². The summed E-state index contributed by atoms with van der Waals surface area (Å²) in [5.41, 5.74) is -0.480. The van der Waals surface area contributed by atoms with E-state index in [0.717, 1.165) is 13.0 Å². The predicted octanol–water partition coefficient (Wildman–Crippen LogP) is 3.77. The Morgan fingerprint density at radius 2 is 1.88 bits per heavy atom. The summed E-state index contributed by atoms with van der Waals surface area (Å²) in [5.74, 6) is -2.63. The zero-order valence-corrected chi connectivity index (χ0v) is 12.6. The fourth-order valence-electron chi connectivity index (χ4n) is 1.39. The van der Waals surface area contributed by atoms with E-state index in [0.29, 0.717) is 0 Å². The van der Waals surface area contributed by atoms with E-state index in [4.69, 9.17) is 25.3 Å². The van der Waals surface area contributed by atoms with Gasteiger partial charge in [-0.3, -0.25) is 0 Å². The zero-order chi connectivity index (χ0) is 26.5. The lowest BCUT2D eigenvalue weighted by molar-refractivity contribution is -0.138. The Hall–Kier alpha value is -2.16. The van der Waals surface area contributed by atoms with Crippen LogP contribution in [0.15, 0.2) is 18.2 Å². The summed E-state index contributed by atoms with van der Waals surface area (Å²) in [4.78, 5) is 14.6. The molecule has 0 aliphatic rings. The molecule has 0 unspecified atom stereocenters. The standard InChI is InChI=1S/C14H16ClF3N6/c1-7(2)19-12-22-11(9-5-4-6-10(15)21-9)23-13(24-12)20-8(3)14(16,17)18/h4-8H,1-3H3,(H2,19,20,22,23,24)/t8-/m1/s1/i1D3,3D3,5D,6D,7D,8D/t7-,8-. The minimum absolute atomic E-state index is 0.369. The monoisotopic (exact) mass is 370 g/mol. The van der Waals surface area contributed by atoms with Crippen LogP contribution < -0.4 is 10.6 Å². The van der Waals surface area contributed by atoms with Crippen LogP contribution in [0.1, 0.15) is 34.3 Å². The van der Waals surface area contributed by atoms with Crippen LogP contribution in [-0.2, 0) is 0 Å². The molecule has 0 amide bonds. The average molecular weight is 371 g/mol.